The normalized spacial score (nSPS) is 15.8. The summed E-state index contributed by atoms with van der Waals surface area (Å²) in [6.45, 7) is 4.68. The molecule has 2 rings (SSSR count). The van der Waals surface area contributed by atoms with Crippen molar-refractivity contribution in [2.75, 3.05) is 6.54 Å². The van der Waals surface area contributed by atoms with Crippen molar-refractivity contribution in [1.29, 1.82) is 0 Å². The number of aromatic nitrogens is 2. The lowest BCUT2D eigenvalue weighted by molar-refractivity contribution is 0.0946. The molecule has 1 aliphatic rings. The summed E-state index contributed by atoms with van der Waals surface area (Å²) in [6, 6.07) is 0. The number of amides is 1. The number of halogens is 1. The summed E-state index contributed by atoms with van der Waals surface area (Å²) in [4.78, 5) is 20.5. The van der Waals surface area contributed by atoms with Crippen LogP contribution in [0.15, 0.2) is 6.20 Å². The predicted octanol–water partition coefficient (Wildman–Crippen LogP) is 3.56. The van der Waals surface area contributed by atoms with Crippen molar-refractivity contribution in [2.45, 2.75) is 51.9 Å². The maximum atomic E-state index is 12.1. The largest absolute Gasteiger partial charge is 0.351 e. The molecule has 1 aromatic heterocycles. The molecule has 0 spiro atoms. The number of carbonyl (C=O) groups excluding carboxylic acids is 1. The maximum absolute atomic E-state index is 12.1. The summed E-state index contributed by atoms with van der Waals surface area (Å²) in [5.74, 6) is 1.40. The van der Waals surface area contributed by atoms with Crippen LogP contribution in [0.5, 0.6) is 0 Å². The van der Waals surface area contributed by atoms with E-state index in [0.29, 0.717) is 17.4 Å². The third-order valence-corrected chi connectivity index (χ3v) is 4.08. The predicted molar refractivity (Wildman–Crippen MR) is 80.0 cm³/mol. The number of nitrogens with zero attached hydrogens (tertiary/aromatic N) is 2. The van der Waals surface area contributed by atoms with Crippen LogP contribution in [-0.4, -0.2) is 22.4 Å². The van der Waals surface area contributed by atoms with Gasteiger partial charge in [0, 0.05) is 12.5 Å². The Morgan fingerprint density at radius 1 is 1.45 bits per heavy atom. The molecule has 1 heterocycles. The van der Waals surface area contributed by atoms with Gasteiger partial charge >= 0.3 is 0 Å². The highest BCUT2D eigenvalue weighted by Gasteiger charge is 2.17. The van der Waals surface area contributed by atoms with Crippen LogP contribution >= 0.6 is 11.6 Å². The molecule has 0 atom stereocenters. The fraction of sp³-hybridized carbons (Fsp3) is 0.667. The Labute approximate surface area is 125 Å². The number of hydrogen-bond acceptors (Lipinski definition) is 3. The molecule has 0 aromatic carbocycles. The molecule has 110 valence electrons. The minimum Gasteiger partial charge on any atom is -0.351 e. The maximum Gasteiger partial charge on any atom is 0.271 e. The molecule has 20 heavy (non-hydrogen) atoms. The van der Waals surface area contributed by atoms with Crippen molar-refractivity contribution in [3.05, 3.63) is 22.7 Å². The Balaban J connectivity index is 1.92. The molecule has 4 nitrogen and oxygen atoms in total. The molecular formula is C15H22ClN3O. The van der Waals surface area contributed by atoms with E-state index in [0.717, 1.165) is 12.3 Å². The minimum absolute atomic E-state index is 0.178. The second-order valence-corrected chi connectivity index (χ2v) is 6.18. The zero-order chi connectivity index (χ0) is 14.5. The SMILES string of the molecule is CC(C)c1ncc(Cl)c(C(=O)NCCC2CCCC2)n1. The van der Waals surface area contributed by atoms with Gasteiger partial charge in [-0.05, 0) is 12.3 Å². The highest BCUT2D eigenvalue weighted by molar-refractivity contribution is 6.33. The van der Waals surface area contributed by atoms with Gasteiger partial charge in [0.05, 0.1) is 11.2 Å². The van der Waals surface area contributed by atoms with Crippen LogP contribution in [0.4, 0.5) is 0 Å². The Kier molecular flexibility index (Phi) is 5.35. The number of nitrogens with one attached hydrogen (secondary N) is 1. The van der Waals surface area contributed by atoms with E-state index in [9.17, 15) is 4.79 Å². The first-order valence-corrected chi connectivity index (χ1v) is 7.76. The quantitative estimate of drug-likeness (QED) is 0.903. The lowest BCUT2D eigenvalue weighted by atomic mass is 10.0. The van der Waals surface area contributed by atoms with E-state index in [-0.39, 0.29) is 17.5 Å². The minimum atomic E-state index is -0.197. The molecule has 1 aliphatic carbocycles. The fourth-order valence-electron chi connectivity index (χ4n) is 2.59. The summed E-state index contributed by atoms with van der Waals surface area (Å²) >= 11 is 6.02. The smallest absolute Gasteiger partial charge is 0.271 e. The Hall–Kier alpha value is -1.16. The number of rotatable bonds is 5. The van der Waals surface area contributed by atoms with E-state index >= 15 is 0 Å². The third kappa shape index (κ3) is 3.92. The monoisotopic (exact) mass is 295 g/mol. The molecule has 1 N–H and O–H groups in total. The van der Waals surface area contributed by atoms with Crippen molar-refractivity contribution in [2.24, 2.45) is 5.92 Å². The standard InChI is InChI=1S/C15H22ClN3O/c1-10(2)14-18-9-12(16)13(19-14)15(20)17-8-7-11-5-3-4-6-11/h9-11H,3-8H2,1-2H3,(H,17,20). The second-order valence-electron chi connectivity index (χ2n) is 5.77. The lowest BCUT2D eigenvalue weighted by Crippen LogP contribution is -2.27. The van der Waals surface area contributed by atoms with Crippen molar-refractivity contribution in [3.63, 3.8) is 0 Å². The van der Waals surface area contributed by atoms with Gasteiger partial charge in [-0.25, -0.2) is 9.97 Å². The summed E-state index contributed by atoms with van der Waals surface area (Å²) in [6.07, 6.45) is 7.80. The van der Waals surface area contributed by atoms with Gasteiger partial charge in [0.25, 0.3) is 5.91 Å². The molecule has 1 aromatic rings. The van der Waals surface area contributed by atoms with Crippen molar-refractivity contribution < 1.29 is 4.79 Å². The van der Waals surface area contributed by atoms with E-state index < -0.39 is 0 Å². The van der Waals surface area contributed by atoms with Gasteiger partial charge in [-0.3, -0.25) is 4.79 Å². The molecule has 1 fully saturated rings. The van der Waals surface area contributed by atoms with Crippen LogP contribution in [0.2, 0.25) is 5.02 Å². The van der Waals surface area contributed by atoms with Crippen LogP contribution in [0.3, 0.4) is 0 Å². The Morgan fingerprint density at radius 3 is 2.80 bits per heavy atom. The average Bonchev–Trinajstić information content (AvgIpc) is 2.92. The van der Waals surface area contributed by atoms with Gasteiger partial charge in [-0.15, -0.1) is 0 Å². The number of carbonyl (C=O) groups is 1. The number of hydrogen-bond donors (Lipinski definition) is 1. The zero-order valence-electron chi connectivity index (χ0n) is 12.2. The zero-order valence-corrected chi connectivity index (χ0v) is 12.9. The molecule has 1 saturated carbocycles. The molecule has 0 bridgehead atoms. The summed E-state index contributed by atoms with van der Waals surface area (Å²) in [5, 5.41) is 3.23. The van der Waals surface area contributed by atoms with Gasteiger partial charge in [0.2, 0.25) is 0 Å². The summed E-state index contributed by atoms with van der Waals surface area (Å²) in [5.41, 5.74) is 0.289. The first-order valence-electron chi connectivity index (χ1n) is 7.38. The van der Waals surface area contributed by atoms with Crippen molar-refractivity contribution >= 4 is 17.5 Å². The topological polar surface area (TPSA) is 54.9 Å². The van der Waals surface area contributed by atoms with Gasteiger partial charge in [-0.1, -0.05) is 51.1 Å². The lowest BCUT2D eigenvalue weighted by Gasteiger charge is -2.11. The van der Waals surface area contributed by atoms with Gasteiger partial charge in [0.1, 0.15) is 11.5 Å². The summed E-state index contributed by atoms with van der Waals surface area (Å²) in [7, 11) is 0. The molecule has 0 unspecified atom stereocenters. The molecule has 0 saturated heterocycles. The van der Waals surface area contributed by atoms with Gasteiger partial charge in [-0.2, -0.15) is 0 Å². The molecule has 0 radical (unpaired) electrons. The van der Waals surface area contributed by atoms with Crippen molar-refractivity contribution in [3.8, 4) is 0 Å². The van der Waals surface area contributed by atoms with E-state index in [2.05, 4.69) is 15.3 Å². The summed E-state index contributed by atoms with van der Waals surface area (Å²) < 4.78 is 0. The highest BCUT2D eigenvalue weighted by Crippen LogP contribution is 2.27. The molecular weight excluding hydrogens is 274 g/mol. The van der Waals surface area contributed by atoms with Crippen LogP contribution in [0, 0.1) is 5.92 Å². The third-order valence-electron chi connectivity index (χ3n) is 3.81. The Bertz CT molecular complexity index is 470. The highest BCUT2D eigenvalue weighted by atomic mass is 35.5. The van der Waals surface area contributed by atoms with E-state index in [1.165, 1.54) is 31.9 Å². The van der Waals surface area contributed by atoms with E-state index in [1.807, 2.05) is 13.8 Å². The Morgan fingerprint density at radius 2 is 2.15 bits per heavy atom. The van der Waals surface area contributed by atoms with E-state index in [1.54, 1.807) is 0 Å². The average molecular weight is 296 g/mol. The van der Waals surface area contributed by atoms with Gasteiger partial charge < -0.3 is 5.32 Å². The first-order chi connectivity index (χ1) is 9.58. The second kappa shape index (κ2) is 7.02. The van der Waals surface area contributed by atoms with Crippen LogP contribution in [-0.2, 0) is 0 Å². The molecule has 5 heteroatoms. The fourth-order valence-corrected chi connectivity index (χ4v) is 2.77. The van der Waals surface area contributed by atoms with E-state index in [4.69, 9.17) is 11.6 Å². The van der Waals surface area contributed by atoms with Crippen molar-refractivity contribution in [1.82, 2.24) is 15.3 Å². The van der Waals surface area contributed by atoms with Crippen LogP contribution < -0.4 is 5.32 Å². The molecule has 0 aliphatic heterocycles. The first kappa shape index (κ1) is 15.2. The molecule has 1 amide bonds. The van der Waals surface area contributed by atoms with Crippen LogP contribution in [0.1, 0.15) is 68.2 Å². The van der Waals surface area contributed by atoms with Crippen LogP contribution in [0.25, 0.3) is 0 Å². The van der Waals surface area contributed by atoms with Gasteiger partial charge in [0.15, 0.2) is 0 Å².